The smallest absolute Gasteiger partial charge is 0.0953 e. The molecule has 1 aromatic rings. The standard InChI is InChI=1S/C13H21N3/c1-2-13(6-4-7-13)16-10-14-9-12(16)11-5-3-8-15-11/h9-11,15H,2-8H2,1H3. The molecule has 1 aromatic heterocycles. The van der Waals surface area contributed by atoms with Crippen molar-refractivity contribution >= 4 is 0 Å². The monoisotopic (exact) mass is 219 g/mol. The van der Waals surface area contributed by atoms with Gasteiger partial charge in [0.05, 0.1) is 12.0 Å². The summed E-state index contributed by atoms with van der Waals surface area (Å²) in [6, 6.07) is 0.548. The first-order valence-corrected chi connectivity index (χ1v) is 6.62. The number of imidazole rings is 1. The predicted molar refractivity (Wildman–Crippen MR) is 64.3 cm³/mol. The van der Waals surface area contributed by atoms with Gasteiger partial charge >= 0.3 is 0 Å². The van der Waals surface area contributed by atoms with Crippen molar-refractivity contribution < 1.29 is 0 Å². The van der Waals surface area contributed by atoms with Crippen LogP contribution >= 0.6 is 0 Å². The summed E-state index contributed by atoms with van der Waals surface area (Å²) in [6.07, 6.45) is 12.0. The molecule has 16 heavy (non-hydrogen) atoms. The lowest BCUT2D eigenvalue weighted by Gasteiger charge is -2.44. The number of aromatic nitrogens is 2. The van der Waals surface area contributed by atoms with Gasteiger partial charge in [0.1, 0.15) is 0 Å². The highest BCUT2D eigenvalue weighted by Crippen LogP contribution is 2.43. The van der Waals surface area contributed by atoms with E-state index in [2.05, 4.69) is 34.3 Å². The molecule has 1 atom stereocenters. The van der Waals surface area contributed by atoms with E-state index in [9.17, 15) is 0 Å². The zero-order valence-corrected chi connectivity index (χ0v) is 10.1. The molecule has 1 saturated heterocycles. The van der Waals surface area contributed by atoms with Gasteiger partial charge in [-0.15, -0.1) is 0 Å². The van der Waals surface area contributed by atoms with Crippen LogP contribution in [-0.2, 0) is 5.54 Å². The minimum absolute atomic E-state index is 0.399. The quantitative estimate of drug-likeness (QED) is 0.847. The van der Waals surface area contributed by atoms with Crippen LogP contribution in [0.1, 0.15) is 57.2 Å². The van der Waals surface area contributed by atoms with Crippen LogP contribution in [0, 0.1) is 0 Å². The van der Waals surface area contributed by atoms with Gasteiger partial charge in [-0.25, -0.2) is 4.98 Å². The van der Waals surface area contributed by atoms with Crippen molar-refractivity contribution in [3.8, 4) is 0 Å². The summed E-state index contributed by atoms with van der Waals surface area (Å²) in [5.74, 6) is 0. The second-order valence-electron chi connectivity index (χ2n) is 5.27. The maximum absolute atomic E-state index is 4.39. The van der Waals surface area contributed by atoms with Crippen molar-refractivity contribution in [1.82, 2.24) is 14.9 Å². The molecule has 2 fully saturated rings. The molecule has 0 spiro atoms. The molecule has 1 aliphatic carbocycles. The van der Waals surface area contributed by atoms with Gasteiger partial charge < -0.3 is 9.88 Å². The molecule has 1 saturated carbocycles. The van der Waals surface area contributed by atoms with E-state index in [-0.39, 0.29) is 0 Å². The van der Waals surface area contributed by atoms with E-state index < -0.39 is 0 Å². The normalized spacial score (nSPS) is 27.9. The molecule has 1 unspecified atom stereocenters. The average Bonchev–Trinajstić information content (AvgIpc) is 2.85. The summed E-state index contributed by atoms with van der Waals surface area (Å²) in [7, 11) is 0. The molecule has 2 heterocycles. The second-order valence-corrected chi connectivity index (χ2v) is 5.27. The minimum Gasteiger partial charge on any atom is -0.327 e. The van der Waals surface area contributed by atoms with Crippen LogP contribution in [0.2, 0.25) is 0 Å². The lowest BCUT2D eigenvalue weighted by atomic mass is 9.74. The molecule has 3 heteroatoms. The topological polar surface area (TPSA) is 29.9 Å². The lowest BCUT2D eigenvalue weighted by molar-refractivity contribution is 0.130. The van der Waals surface area contributed by atoms with E-state index >= 15 is 0 Å². The Kier molecular flexibility index (Phi) is 2.51. The van der Waals surface area contributed by atoms with Gasteiger partial charge in [-0.2, -0.15) is 0 Å². The van der Waals surface area contributed by atoms with Crippen LogP contribution in [0.25, 0.3) is 0 Å². The fraction of sp³-hybridized carbons (Fsp3) is 0.769. The van der Waals surface area contributed by atoms with Crippen molar-refractivity contribution in [2.75, 3.05) is 6.54 Å². The summed E-state index contributed by atoms with van der Waals surface area (Å²) >= 11 is 0. The molecular formula is C13H21N3. The van der Waals surface area contributed by atoms with Crippen LogP contribution in [0.15, 0.2) is 12.5 Å². The molecular weight excluding hydrogens is 198 g/mol. The molecule has 1 N–H and O–H groups in total. The Morgan fingerprint density at radius 1 is 1.50 bits per heavy atom. The van der Waals surface area contributed by atoms with E-state index in [1.54, 1.807) is 0 Å². The molecule has 0 amide bonds. The first-order valence-electron chi connectivity index (χ1n) is 6.62. The number of nitrogens with one attached hydrogen (secondary N) is 1. The van der Waals surface area contributed by atoms with Gasteiger partial charge in [0.2, 0.25) is 0 Å². The van der Waals surface area contributed by atoms with Crippen molar-refractivity contribution in [3.05, 3.63) is 18.2 Å². The summed E-state index contributed by atoms with van der Waals surface area (Å²) < 4.78 is 2.47. The first-order chi connectivity index (χ1) is 7.86. The Morgan fingerprint density at radius 3 is 2.94 bits per heavy atom. The average molecular weight is 219 g/mol. The largest absolute Gasteiger partial charge is 0.327 e. The summed E-state index contributed by atoms with van der Waals surface area (Å²) in [5, 5.41) is 3.58. The summed E-state index contributed by atoms with van der Waals surface area (Å²) in [5.41, 5.74) is 1.81. The van der Waals surface area contributed by atoms with E-state index in [1.807, 2.05) is 0 Å². The van der Waals surface area contributed by atoms with Crippen molar-refractivity contribution in [2.45, 2.75) is 57.0 Å². The fourth-order valence-corrected chi connectivity index (χ4v) is 3.25. The van der Waals surface area contributed by atoms with E-state index in [1.165, 1.54) is 44.2 Å². The zero-order chi connectivity index (χ0) is 11.0. The van der Waals surface area contributed by atoms with Crippen LogP contribution in [0.4, 0.5) is 0 Å². The van der Waals surface area contributed by atoms with E-state index in [0.29, 0.717) is 11.6 Å². The van der Waals surface area contributed by atoms with Crippen LogP contribution in [-0.4, -0.2) is 16.1 Å². The van der Waals surface area contributed by atoms with E-state index in [0.717, 1.165) is 6.54 Å². The second kappa shape index (κ2) is 3.88. The molecule has 0 bridgehead atoms. The van der Waals surface area contributed by atoms with E-state index in [4.69, 9.17) is 0 Å². The molecule has 0 radical (unpaired) electrons. The van der Waals surface area contributed by atoms with Gasteiger partial charge in [-0.1, -0.05) is 6.92 Å². The molecule has 88 valence electrons. The number of hydrogen-bond donors (Lipinski definition) is 1. The molecule has 0 aromatic carbocycles. The van der Waals surface area contributed by atoms with Gasteiger partial charge in [0.15, 0.2) is 0 Å². The van der Waals surface area contributed by atoms with Gasteiger partial charge in [0, 0.05) is 17.8 Å². The molecule has 2 aliphatic rings. The fourth-order valence-electron chi connectivity index (χ4n) is 3.25. The number of nitrogens with zero attached hydrogens (tertiary/aromatic N) is 2. The first kappa shape index (κ1) is 10.3. The van der Waals surface area contributed by atoms with Gasteiger partial charge in [-0.05, 0) is 45.1 Å². The minimum atomic E-state index is 0.399. The van der Waals surface area contributed by atoms with Crippen molar-refractivity contribution in [1.29, 1.82) is 0 Å². The Balaban J connectivity index is 1.92. The predicted octanol–water partition coefficient (Wildman–Crippen LogP) is 2.60. The third-order valence-corrected chi connectivity index (χ3v) is 4.54. The lowest BCUT2D eigenvalue weighted by Crippen LogP contribution is -2.41. The highest BCUT2D eigenvalue weighted by atomic mass is 15.2. The third kappa shape index (κ3) is 1.41. The molecule has 3 nitrogen and oxygen atoms in total. The Morgan fingerprint density at radius 2 is 2.38 bits per heavy atom. The maximum atomic E-state index is 4.39. The SMILES string of the molecule is CCC1(n2cncc2C2CCCN2)CCC1. The highest BCUT2D eigenvalue weighted by molar-refractivity contribution is 5.12. The number of hydrogen-bond acceptors (Lipinski definition) is 2. The zero-order valence-electron chi connectivity index (χ0n) is 10.1. The summed E-state index contributed by atoms with van der Waals surface area (Å²) in [6.45, 7) is 3.47. The Labute approximate surface area is 97.3 Å². The van der Waals surface area contributed by atoms with Crippen molar-refractivity contribution in [2.24, 2.45) is 0 Å². The Hall–Kier alpha value is -0.830. The van der Waals surface area contributed by atoms with Crippen molar-refractivity contribution in [3.63, 3.8) is 0 Å². The molecule has 3 rings (SSSR count). The Bertz CT molecular complexity index is 353. The summed E-state index contributed by atoms with van der Waals surface area (Å²) in [4.78, 5) is 4.39. The van der Waals surface area contributed by atoms with Crippen LogP contribution in [0.3, 0.4) is 0 Å². The van der Waals surface area contributed by atoms with Gasteiger partial charge in [-0.3, -0.25) is 0 Å². The van der Waals surface area contributed by atoms with Gasteiger partial charge in [0.25, 0.3) is 0 Å². The van der Waals surface area contributed by atoms with Crippen LogP contribution < -0.4 is 5.32 Å². The number of rotatable bonds is 3. The molecule has 1 aliphatic heterocycles. The highest BCUT2D eigenvalue weighted by Gasteiger charge is 2.39. The third-order valence-electron chi connectivity index (χ3n) is 4.54. The van der Waals surface area contributed by atoms with Crippen LogP contribution in [0.5, 0.6) is 0 Å². The maximum Gasteiger partial charge on any atom is 0.0953 e.